The summed E-state index contributed by atoms with van der Waals surface area (Å²) in [6.45, 7) is 0.730. The first kappa shape index (κ1) is 10.7. The maximum absolute atomic E-state index is 10.3. The van der Waals surface area contributed by atoms with Crippen LogP contribution in [0.1, 0.15) is 29.3 Å². The number of fused-ring (bicyclic) bond motifs is 1. The maximum atomic E-state index is 10.3. The van der Waals surface area contributed by atoms with Crippen molar-refractivity contribution < 1.29 is 9.84 Å². The fraction of sp³-hybridized carbons (Fsp3) is 0.308. The second-order valence-corrected chi connectivity index (χ2v) is 4.82. The summed E-state index contributed by atoms with van der Waals surface area (Å²) in [6.07, 6.45) is 1.38. The van der Waals surface area contributed by atoms with Crippen molar-refractivity contribution in [2.75, 3.05) is 6.61 Å². The third-order valence-corrected chi connectivity index (χ3v) is 3.59. The van der Waals surface area contributed by atoms with Gasteiger partial charge in [0.1, 0.15) is 11.9 Å². The lowest BCUT2D eigenvalue weighted by atomic mass is 9.98. The minimum absolute atomic E-state index is 0.686. The van der Waals surface area contributed by atoms with Gasteiger partial charge in [-0.2, -0.15) is 0 Å². The highest BCUT2D eigenvalue weighted by Gasteiger charge is 2.21. The molecule has 0 amide bonds. The molecule has 0 aliphatic carbocycles. The molecule has 0 bridgehead atoms. The zero-order valence-corrected chi connectivity index (χ0v) is 10.1. The van der Waals surface area contributed by atoms with Crippen LogP contribution in [0.25, 0.3) is 0 Å². The summed E-state index contributed by atoms with van der Waals surface area (Å²) in [7, 11) is 0. The zero-order chi connectivity index (χ0) is 11.7. The van der Waals surface area contributed by atoms with E-state index in [0.29, 0.717) is 5.69 Å². The average molecular weight is 247 g/mol. The van der Waals surface area contributed by atoms with Gasteiger partial charge in [0.15, 0.2) is 0 Å². The Morgan fingerprint density at radius 1 is 1.41 bits per heavy atom. The van der Waals surface area contributed by atoms with E-state index in [1.165, 1.54) is 16.9 Å². The number of benzene rings is 1. The number of ether oxygens (including phenoxy) is 1. The summed E-state index contributed by atoms with van der Waals surface area (Å²) in [5.74, 6) is 0.847. The fourth-order valence-corrected chi connectivity index (χ4v) is 2.72. The molecule has 0 saturated heterocycles. The zero-order valence-electron chi connectivity index (χ0n) is 9.30. The molecule has 1 aromatic heterocycles. The summed E-state index contributed by atoms with van der Waals surface area (Å²) >= 11 is 1.49. The molecule has 1 N–H and O–H groups in total. The van der Waals surface area contributed by atoms with Gasteiger partial charge in [-0.15, -0.1) is 11.3 Å². The lowest BCUT2D eigenvalue weighted by Gasteiger charge is -2.22. The van der Waals surface area contributed by atoms with Crippen LogP contribution in [-0.4, -0.2) is 16.7 Å². The first-order valence-electron chi connectivity index (χ1n) is 5.67. The minimum Gasteiger partial charge on any atom is -0.493 e. The second kappa shape index (κ2) is 4.47. The third kappa shape index (κ3) is 1.94. The van der Waals surface area contributed by atoms with E-state index in [9.17, 15) is 5.11 Å². The molecule has 3 rings (SSSR count). The fourth-order valence-electron chi connectivity index (χ4n) is 2.15. The van der Waals surface area contributed by atoms with Crippen molar-refractivity contribution in [1.82, 2.24) is 4.98 Å². The Kier molecular flexibility index (Phi) is 2.82. The molecule has 1 aliphatic heterocycles. The predicted octanol–water partition coefficient (Wildman–Crippen LogP) is 2.55. The van der Waals surface area contributed by atoms with Crippen LogP contribution in [0.2, 0.25) is 0 Å². The Morgan fingerprint density at radius 2 is 2.35 bits per heavy atom. The number of aryl methyl sites for hydroxylation is 1. The summed E-state index contributed by atoms with van der Waals surface area (Å²) in [4.78, 5) is 4.15. The number of thiazole rings is 1. The highest BCUT2D eigenvalue weighted by Crippen LogP contribution is 2.35. The quantitative estimate of drug-likeness (QED) is 0.886. The van der Waals surface area contributed by atoms with Gasteiger partial charge in [-0.1, -0.05) is 18.2 Å². The number of hydrogen-bond acceptors (Lipinski definition) is 4. The van der Waals surface area contributed by atoms with Crippen LogP contribution in [0, 0.1) is 0 Å². The Hall–Kier alpha value is -1.39. The molecular weight excluding hydrogens is 234 g/mol. The monoisotopic (exact) mass is 247 g/mol. The van der Waals surface area contributed by atoms with Crippen LogP contribution in [-0.2, 0) is 6.42 Å². The molecule has 3 nitrogen and oxygen atoms in total. The van der Waals surface area contributed by atoms with Crippen molar-refractivity contribution in [3.8, 4) is 5.75 Å². The van der Waals surface area contributed by atoms with Gasteiger partial charge in [0.25, 0.3) is 0 Å². The molecule has 2 aromatic rings. The van der Waals surface area contributed by atoms with Gasteiger partial charge in [0.2, 0.25) is 0 Å². The second-order valence-electron chi connectivity index (χ2n) is 4.10. The van der Waals surface area contributed by atoms with Gasteiger partial charge < -0.3 is 9.84 Å². The molecule has 1 atom stereocenters. The van der Waals surface area contributed by atoms with E-state index in [1.54, 1.807) is 5.51 Å². The molecule has 1 unspecified atom stereocenters. The molecule has 2 heterocycles. The molecule has 0 spiro atoms. The molecule has 0 fully saturated rings. The number of para-hydroxylation sites is 1. The molecule has 0 saturated carbocycles. The molecule has 1 aromatic carbocycles. The molecule has 0 radical (unpaired) electrons. The number of nitrogens with zero attached hydrogens (tertiary/aromatic N) is 1. The number of aliphatic hydroxyl groups excluding tert-OH is 1. The van der Waals surface area contributed by atoms with Crippen molar-refractivity contribution in [3.05, 3.63) is 45.9 Å². The van der Waals surface area contributed by atoms with E-state index in [1.807, 2.05) is 17.5 Å². The highest BCUT2D eigenvalue weighted by atomic mass is 32.1. The van der Waals surface area contributed by atoms with E-state index in [0.717, 1.165) is 30.8 Å². The summed E-state index contributed by atoms with van der Waals surface area (Å²) in [5.41, 5.74) is 4.43. The normalized spacial score (nSPS) is 16.1. The van der Waals surface area contributed by atoms with Gasteiger partial charge in [-0.05, 0) is 18.4 Å². The number of hydrogen-bond donors (Lipinski definition) is 1. The van der Waals surface area contributed by atoms with E-state index >= 15 is 0 Å². The standard InChI is InChI=1S/C13H13NO2S/c15-12(11-7-17-8-14-11)10-5-1-3-9-4-2-6-16-13(9)10/h1,3,5,7-8,12,15H,2,4,6H2. The largest absolute Gasteiger partial charge is 0.493 e. The molecule has 1 aliphatic rings. The topological polar surface area (TPSA) is 42.4 Å². The lowest BCUT2D eigenvalue weighted by molar-refractivity contribution is 0.203. The van der Waals surface area contributed by atoms with E-state index in [4.69, 9.17) is 4.74 Å². The number of rotatable bonds is 2. The lowest BCUT2D eigenvalue weighted by Crippen LogP contribution is -2.12. The first-order valence-corrected chi connectivity index (χ1v) is 6.61. The SMILES string of the molecule is OC(c1cscn1)c1cccc2c1OCCC2. The van der Waals surface area contributed by atoms with Crippen LogP contribution in [0.4, 0.5) is 0 Å². The first-order chi connectivity index (χ1) is 8.36. The molecule has 88 valence electrons. The smallest absolute Gasteiger partial charge is 0.128 e. The van der Waals surface area contributed by atoms with Gasteiger partial charge in [-0.3, -0.25) is 0 Å². The van der Waals surface area contributed by atoms with E-state index < -0.39 is 6.10 Å². The summed E-state index contributed by atoms with van der Waals surface area (Å²) < 4.78 is 5.69. The predicted molar refractivity (Wildman–Crippen MR) is 66.4 cm³/mol. The van der Waals surface area contributed by atoms with Crippen LogP contribution < -0.4 is 4.74 Å². The minimum atomic E-state index is -0.686. The van der Waals surface area contributed by atoms with Crippen LogP contribution in [0.15, 0.2) is 29.1 Å². The van der Waals surface area contributed by atoms with Crippen LogP contribution in [0.5, 0.6) is 5.75 Å². The average Bonchev–Trinajstić information content (AvgIpc) is 2.91. The number of aromatic nitrogens is 1. The maximum Gasteiger partial charge on any atom is 0.128 e. The molecular formula is C13H13NO2S. The van der Waals surface area contributed by atoms with Crippen molar-refractivity contribution >= 4 is 11.3 Å². The Morgan fingerprint density at radius 3 is 3.18 bits per heavy atom. The van der Waals surface area contributed by atoms with Gasteiger partial charge in [0.05, 0.1) is 17.8 Å². The molecule has 4 heteroatoms. The van der Waals surface area contributed by atoms with Crippen molar-refractivity contribution in [2.45, 2.75) is 18.9 Å². The van der Waals surface area contributed by atoms with Crippen molar-refractivity contribution in [3.63, 3.8) is 0 Å². The van der Waals surface area contributed by atoms with Crippen LogP contribution in [0.3, 0.4) is 0 Å². The van der Waals surface area contributed by atoms with E-state index in [2.05, 4.69) is 11.1 Å². The summed E-state index contributed by atoms with van der Waals surface area (Å²) in [5, 5.41) is 12.2. The highest BCUT2D eigenvalue weighted by molar-refractivity contribution is 7.07. The molecule has 17 heavy (non-hydrogen) atoms. The van der Waals surface area contributed by atoms with Gasteiger partial charge in [-0.25, -0.2) is 4.98 Å². The van der Waals surface area contributed by atoms with Crippen LogP contribution >= 0.6 is 11.3 Å². The van der Waals surface area contributed by atoms with Crippen molar-refractivity contribution in [1.29, 1.82) is 0 Å². The van der Waals surface area contributed by atoms with Gasteiger partial charge in [0, 0.05) is 10.9 Å². The van der Waals surface area contributed by atoms with Gasteiger partial charge >= 0.3 is 0 Å². The Balaban J connectivity index is 2.03. The third-order valence-electron chi connectivity index (χ3n) is 2.99. The summed E-state index contributed by atoms with van der Waals surface area (Å²) in [6, 6.07) is 5.94. The van der Waals surface area contributed by atoms with E-state index in [-0.39, 0.29) is 0 Å². The Labute approximate surface area is 104 Å². The van der Waals surface area contributed by atoms with Crippen molar-refractivity contribution in [2.24, 2.45) is 0 Å². The number of aliphatic hydroxyl groups is 1. The Bertz CT molecular complexity index is 510.